The number of hydrogen-bond acceptors (Lipinski definition) is 4. The Morgan fingerprint density at radius 1 is 1.00 bits per heavy atom. The molecule has 0 saturated carbocycles. The Kier molecular flexibility index (Phi) is 10.6. The number of carbonyl (C=O) groups excluding carboxylic acids is 3. The van der Waals surface area contributed by atoms with Crippen molar-refractivity contribution in [2.24, 2.45) is 5.92 Å². The third-order valence-electron chi connectivity index (χ3n) is 4.76. The van der Waals surface area contributed by atoms with Crippen LogP contribution in [0.1, 0.15) is 84.0 Å². The molecule has 0 aliphatic carbocycles. The van der Waals surface area contributed by atoms with Gasteiger partial charge >= 0.3 is 12.0 Å². The van der Waals surface area contributed by atoms with Crippen molar-refractivity contribution in [1.29, 1.82) is 0 Å². The van der Waals surface area contributed by atoms with Crippen molar-refractivity contribution in [2.45, 2.75) is 84.0 Å². The van der Waals surface area contributed by atoms with Crippen molar-refractivity contribution in [3.8, 4) is 0 Å². The Morgan fingerprint density at radius 3 is 2.04 bits per heavy atom. The number of hydrogen-bond donors (Lipinski definition) is 2. The Morgan fingerprint density at radius 2 is 1.54 bits per heavy atom. The molecular formula is C19H32N2O5. The maximum absolute atomic E-state index is 11.8. The Balaban J connectivity index is 2.21. The molecule has 2 N–H and O–H groups in total. The van der Waals surface area contributed by atoms with Crippen LogP contribution in [0.4, 0.5) is 4.79 Å². The summed E-state index contributed by atoms with van der Waals surface area (Å²) in [6, 6.07) is -0.819. The Bertz CT molecular complexity index is 472. The smallest absolute Gasteiger partial charge is 0.330 e. The number of nitrogens with zero attached hydrogens (tertiary/aromatic N) is 1. The standard InChI is InChI=1S/C19H32N2O5/c1-2-3-4-5-6-7-8-9-10-11-12-15(18(24)25)14-21-17(23)13-16(22)20-19(21)26/h15H,2-14H2,1H3,(H,24,25)(H,20,22,26). The van der Waals surface area contributed by atoms with E-state index in [0.717, 1.165) is 24.2 Å². The molecule has 0 aromatic carbocycles. The Labute approximate surface area is 155 Å². The number of carbonyl (C=O) groups is 4. The number of aliphatic carboxylic acids is 1. The third-order valence-corrected chi connectivity index (χ3v) is 4.76. The van der Waals surface area contributed by atoms with Crippen LogP contribution < -0.4 is 5.32 Å². The lowest BCUT2D eigenvalue weighted by Gasteiger charge is -2.27. The second-order valence-corrected chi connectivity index (χ2v) is 7.04. The lowest BCUT2D eigenvalue weighted by Crippen LogP contribution is -2.54. The average molecular weight is 368 g/mol. The van der Waals surface area contributed by atoms with Gasteiger partial charge in [0.25, 0.3) is 0 Å². The normalized spacial score (nSPS) is 15.9. The highest BCUT2D eigenvalue weighted by Gasteiger charge is 2.34. The first kappa shape index (κ1) is 22.1. The maximum Gasteiger partial charge on any atom is 0.330 e. The molecule has 26 heavy (non-hydrogen) atoms. The molecule has 1 aliphatic rings. The first-order valence-electron chi connectivity index (χ1n) is 9.82. The predicted octanol–water partition coefficient (Wildman–Crippen LogP) is 3.47. The second kappa shape index (κ2) is 12.4. The van der Waals surface area contributed by atoms with E-state index in [9.17, 15) is 24.3 Å². The minimum absolute atomic E-state index is 0.176. The largest absolute Gasteiger partial charge is 0.481 e. The summed E-state index contributed by atoms with van der Waals surface area (Å²) in [6.45, 7) is 2.03. The molecule has 1 heterocycles. The summed E-state index contributed by atoms with van der Waals surface area (Å²) in [6.07, 6.45) is 11.6. The van der Waals surface area contributed by atoms with Gasteiger partial charge in [0.05, 0.1) is 5.92 Å². The van der Waals surface area contributed by atoms with E-state index in [4.69, 9.17) is 0 Å². The van der Waals surface area contributed by atoms with Crippen LogP contribution in [-0.2, 0) is 14.4 Å². The fraction of sp³-hybridized carbons (Fsp3) is 0.789. The number of barbiturate groups is 1. The van der Waals surface area contributed by atoms with Crippen molar-refractivity contribution in [2.75, 3.05) is 6.54 Å². The van der Waals surface area contributed by atoms with Crippen molar-refractivity contribution < 1.29 is 24.3 Å². The van der Waals surface area contributed by atoms with Gasteiger partial charge in [-0.3, -0.25) is 24.6 Å². The van der Waals surface area contributed by atoms with Gasteiger partial charge in [0.2, 0.25) is 11.8 Å². The van der Waals surface area contributed by atoms with Crippen molar-refractivity contribution >= 4 is 23.8 Å². The van der Waals surface area contributed by atoms with E-state index >= 15 is 0 Å². The number of urea groups is 1. The SMILES string of the molecule is CCCCCCCCCCCCC(CN1C(=O)CC(=O)NC1=O)C(=O)O. The fourth-order valence-corrected chi connectivity index (χ4v) is 3.15. The molecule has 0 bridgehead atoms. The molecule has 7 heteroatoms. The summed E-state index contributed by atoms with van der Waals surface area (Å²) in [4.78, 5) is 46.8. The molecule has 0 radical (unpaired) electrons. The minimum Gasteiger partial charge on any atom is -0.481 e. The van der Waals surface area contributed by atoms with Crippen LogP contribution in [0, 0.1) is 5.92 Å². The summed E-state index contributed by atoms with van der Waals surface area (Å²) in [5.74, 6) is -3.07. The van der Waals surface area contributed by atoms with Gasteiger partial charge in [0.1, 0.15) is 6.42 Å². The van der Waals surface area contributed by atoms with Crippen LogP contribution >= 0.6 is 0 Å². The zero-order valence-corrected chi connectivity index (χ0v) is 15.8. The number of rotatable bonds is 14. The van der Waals surface area contributed by atoms with E-state index in [-0.39, 0.29) is 6.54 Å². The molecule has 1 unspecified atom stereocenters. The number of nitrogens with one attached hydrogen (secondary N) is 1. The Hall–Kier alpha value is -1.92. The van der Waals surface area contributed by atoms with Gasteiger partial charge in [-0.05, 0) is 6.42 Å². The number of amides is 4. The van der Waals surface area contributed by atoms with Crippen LogP contribution in [0.15, 0.2) is 0 Å². The van der Waals surface area contributed by atoms with Gasteiger partial charge in [0.15, 0.2) is 0 Å². The summed E-state index contributed by atoms with van der Waals surface area (Å²) in [5.41, 5.74) is 0. The van der Waals surface area contributed by atoms with Crippen LogP contribution in [-0.4, -0.2) is 40.4 Å². The summed E-state index contributed by atoms with van der Waals surface area (Å²) < 4.78 is 0. The van der Waals surface area contributed by atoms with Crippen LogP contribution in [0.3, 0.4) is 0 Å². The fourth-order valence-electron chi connectivity index (χ4n) is 3.15. The highest BCUT2D eigenvalue weighted by molar-refractivity contribution is 6.14. The van der Waals surface area contributed by atoms with E-state index in [2.05, 4.69) is 6.92 Å². The summed E-state index contributed by atoms with van der Waals surface area (Å²) in [7, 11) is 0. The van der Waals surface area contributed by atoms with Gasteiger partial charge in [-0.2, -0.15) is 0 Å². The zero-order chi connectivity index (χ0) is 19.4. The third kappa shape index (κ3) is 8.45. The number of imide groups is 2. The number of unbranched alkanes of at least 4 members (excludes halogenated alkanes) is 9. The van der Waals surface area contributed by atoms with Crippen molar-refractivity contribution in [1.82, 2.24) is 10.2 Å². The van der Waals surface area contributed by atoms with Gasteiger partial charge in [0, 0.05) is 6.54 Å². The number of carboxylic acid groups (broad SMARTS) is 1. The predicted molar refractivity (Wildman–Crippen MR) is 97.5 cm³/mol. The molecule has 1 saturated heterocycles. The molecule has 1 fully saturated rings. The highest BCUT2D eigenvalue weighted by atomic mass is 16.4. The molecule has 148 valence electrons. The minimum atomic E-state index is -1.02. The topological polar surface area (TPSA) is 104 Å². The van der Waals surface area contributed by atoms with E-state index in [1.807, 2.05) is 5.32 Å². The van der Waals surface area contributed by atoms with Crippen molar-refractivity contribution in [3.63, 3.8) is 0 Å². The van der Waals surface area contributed by atoms with E-state index in [1.165, 1.54) is 44.9 Å². The molecule has 1 aliphatic heterocycles. The monoisotopic (exact) mass is 368 g/mol. The number of carboxylic acids is 1. The molecule has 1 atom stereocenters. The van der Waals surface area contributed by atoms with E-state index in [0.29, 0.717) is 6.42 Å². The van der Waals surface area contributed by atoms with Crippen LogP contribution in [0.5, 0.6) is 0 Å². The van der Waals surface area contributed by atoms with Gasteiger partial charge in [-0.25, -0.2) is 4.79 Å². The zero-order valence-electron chi connectivity index (χ0n) is 15.8. The molecule has 4 amide bonds. The average Bonchev–Trinajstić information content (AvgIpc) is 2.57. The van der Waals surface area contributed by atoms with Crippen molar-refractivity contribution in [3.05, 3.63) is 0 Å². The summed E-state index contributed by atoms with van der Waals surface area (Å²) in [5, 5.41) is 11.4. The van der Waals surface area contributed by atoms with Gasteiger partial charge < -0.3 is 5.11 Å². The molecule has 0 spiro atoms. The quantitative estimate of drug-likeness (QED) is 0.361. The van der Waals surface area contributed by atoms with Crippen LogP contribution in [0.25, 0.3) is 0 Å². The first-order valence-corrected chi connectivity index (χ1v) is 9.82. The van der Waals surface area contributed by atoms with E-state index < -0.39 is 36.2 Å². The first-order chi connectivity index (χ1) is 12.5. The van der Waals surface area contributed by atoms with Gasteiger partial charge in [-0.15, -0.1) is 0 Å². The highest BCUT2D eigenvalue weighted by Crippen LogP contribution is 2.17. The van der Waals surface area contributed by atoms with E-state index in [1.54, 1.807) is 0 Å². The van der Waals surface area contributed by atoms with Gasteiger partial charge in [-0.1, -0.05) is 71.1 Å². The van der Waals surface area contributed by atoms with Crippen LogP contribution in [0.2, 0.25) is 0 Å². The second-order valence-electron chi connectivity index (χ2n) is 7.04. The molecule has 0 aromatic heterocycles. The summed E-state index contributed by atoms with van der Waals surface area (Å²) >= 11 is 0. The molecule has 1 rings (SSSR count). The molecular weight excluding hydrogens is 336 g/mol. The molecule has 0 aromatic rings. The molecule has 7 nitrogen and oxygen atoms in total. The lowest BCUT2D eigenvalue weighted by atomic mass is 9.99. The lowest BCUT2D eigenvalue weighted by molar-refractivity contribution is -0.143. The maximum atomic E-state index is 11.8.